The number of rotatable bonds is 2. The second kappa shape index (κ2) is 5.04. The van der Waals surface area contributed by atoms with Crippen molar-refractivity contribution in [3.8, 4) is 0 Å². The summed E-state index contributed by atoms with van der Waals surface area (Å²) in [6.45, 7) is 10.00. The molecular formula is C14H23N3O. The van der Waals surface area contributed by atoms with Gasteiger partial charge in [0.15, 0.2) is 0 Å². The zero-order chi connectivity index (χ0) is 13.3. The molecule has 0 spiro atoms. The predicted molar refractivity (Wildman–Crippen MR) is 72.4 cm³/mol. The second-order valence-corrected chi connectivity index (χ2v) is 5.61. The third-order valence-corrected chi connectivity index (χ3v) is 3.39. The van der Waals surface area contributed by atoms with Crippen molar-refractivity contribution in [2.24, 2.45) is 5.92 Å². The SMILES string of the molecule is CC(C)NC(=O)N1CCn2cccc2C1C(C)C. The van der Waals surface area contributed by atoms with Crippen LogP contribution in [0.25, 0.3) is 0 Å². The average molecular weight is 249 g/mol. The summed E-state index contributed by atoms with van der Waals surface area (Å²) < 4.78 is 2.25. The third kappa shape index (κ3) is 2.37. The van der Waals surface area contributed by atoms with E-state index in [0.29, 0.717) is 5.92 Å². The van der Waals surface area contributed by atoms with Gasteiger partial charge in [0.2, 0.25) is 0 Å². The van der Waals surface area contributed by atoms with E-state index >= 15 is 0 Å². The Morgan fingerprint density at radius 1 is 1.33 bits per heavy atom. The summed E-state index contributed by atoms with van der Waals surface area (Å²) in [4.78, 5) is 14.2. The largest absolute Gasteiger partial charge is 0.348 e. The maximum Gasteiger partial charge on any atom is 0.318 e. The van der Waals surface area contributed by atoms with E-state index in [1.807, 2.05) is 18.7 Å². The molecule has 1 aromatic rings. The van der Waals surface area contributed by atoms with E-state index in [1.165, 1.54) is 5.69 Å². The smallest absolute Gasteiger partial charge is 0.318 e. The van der Waals surface area contributed by atoms with Crippen molar-refractivity contribution in [2.45, 2.75) is 46.3 Å². The Kier molecular flexibility index (Phi) is 3.64. The van der Waals surface area contributed by atoms with Crippen LogP contribution in [0, 0.1) is 5.92 Å². The molecule has 1 aliphatic rings. The van der Waals surface area contributed by atoms with Gasteiger partial charge in [-0.05, 0) is 31.9 Å². The quantitative estimate of drug-likeness (QED) is 0.859. The molecule has 1 aliphatic heterocycles. The van der Waals surface area contributed by atoms with Crippen LogP contribution in [0.3, 0.4) is 0 Å². The van der Waals surface area contributed by atoms with Gasteiger partial charge in [-0.15, -0.1) is 0 Å². The van der Waals surface area contributed by atoms with Crippen molar-refractivity contribution in [1.29, 1.82) is 0 Å². The minimum atomic E-state index is 0.0520. The molecule has 0 aromatic carbocycles. The van der Waals surface area contributed by atoms with Gasteiger partial charge in [-0.3, -0.25) is 0 Å². The Hall–Kier alpha value is -1.45. The van der Waals surface area contributed by atoms with Crippen LogP contribution in [0.2, 0.25) is 0 Å². The molecule has 0 fully saturated rings. The molecule has 0 saturated heterocycles. The number of fused-ring (bicyclic) bond motifs is 1. The summed E-state index contributed by atoms with van der Waals surface area (Å²) in [5.41, 5.74) is 1.25. The predicted octanol–water partition coefficient (Wildman–Crippen LogP) is 2.62. The topological polar surface area (TPSA) is 37.3 Å². The lowest BCUT2D eigenvalue weighted by Crippen LogP contribution is -2.49. The number of hydrogen-bond donors (Lipinski definition) is 1. The molecule has 18 heavy (non-hydrogen) atoms. The van der Waals surface area contributed by atoms with Gasteiger partial charge in [0, 0.05) is 31.0 Å². The first kappa shape index (κ1) is 13.0. The highest BCUT2D eigenvalue weighted by molar-refractivity contribution is 5.75. The van der Waals surface area contributed by atoms with E-state index < -0.39 is 0 Å². The van der Waals surface area contributed by atoms with E-state index in [0.717, 1.165) is 13.1 Å². The molecular weight excluding hydrogens is 226 g/mol. The first-order valence-electron chi connectivity index (χ1n) is 6.73. The van der Waals surface area contributed by atoms with Gasteiger partial charge in [0.25, 0.3) is 0 Å². The fourth-order valence-corrected chi connectivity index (χ4v) is 2.67. The molecule has 0 aliphatic carbocycles. The molecule has 100 valence electrons. The molecule has 4 nitrogen and oxygen atoms in total. The van der Waals surface area contributed by atoms with Gasteiger partial charge in [-0.2, -0.15) is 0 Å². The molecule has 1 unspecified atom stereocenters. The van der Waals surface area contributed by atoms with Crippen LogP contribution >= 0.6 is 0 Å². The molecule has 2 heterocycles. The Morgan fingerprint density at radius 2 is 2.06 bits per heavy atom. The monoisotopic (exact) mass is 249 g/mol. The summed E-state index contributed by atoms with van der Waals surface area (Å²) in [6.07, 6.45) is 2.10. The minimum absolute atomic E-state index is 0.0520. The Bertz CT molecular complexity index is 422. The Balaban J connectivity index is 2.24. The highest BCUT2D eigenvalue weighted by atomic mass is 16.2. The van der Waals surface area contributed by atoms with Gasteiger partial charge < -0.3 is 14.8 Å². The summed E-state index contributed by atoms with van der Waals surface area (Å²) in [7, 11) is 0. The van der Waals surface area contributed by atoms with Crippen LogP contribution in [0.1, 0.15) is 39.4 Å². The summed E-state index contributed by atoms with van der Waals surface area (Å²) >= 11 is 0. The summed E-state index contributed by atoms with van der Waals surface area (Å²) in [5, 5.41) is 3.00. The number of carbonyl (C=O) groups is 1. The molecule has 1 atom stereocenters. The molecule has 2 amide bonds. The zero-order valence-corrected chi connectivity index (χ0v) is 11.7. The normalized spacial score (nSPS) is 19.2. The standard InChI is InChI=1S/C14H23N3O/c1-10(2)13-12-6-5-7-16(12)8-9-17(13)14(18)15-11(3)4/h5-7,10-11,13H,8-9H2,1-4H3,(H,15,18). The van der Waals surface area contributed by atoms with Crippen LogP contribution in [0.4, 0.5) is 4.79 Å². The number of urea groups is 1. The second-order valence-electron chi connectivity index (χ2n) is 5.61. The van der Waals surface area contributed by atoms with E-state index in [2.05, 4.69) is 42.1 Å². The van der Waals surface area contributed by atoms with Crippen molar-refractivity contribution in [3.05, 3.63) is 24.0 Å². The molecule has 0 saturated carbocycles. The number of hydrogen-bond acceptors (Lipinski definition) is 1. The molecule has 2 rings (SSSR count). The van der Waals surface area contributed by atoms with Gasteiger partial charge in [0.1, 0.15) is 0 Å². The van der Waals surface area contributed by atoms with Crippen molar-refractivity contribution in [2.75, 3.05) is 6.54 Å². The van der Waals surface area contributed by atoms with Gasteiger partial charge in [0.05, 0.1) is 6.04 Å². The van der Waals surface area contributed by atoms with E-state index in [-0.39, 0.29) is 18.1 Å². The van der Waals surface area contributed by atoms with Crippen molar-refractivity contribution in [1.82, 2.24) is 14.8 Å². The van der Waals surface area contributed by atoms with Gasteiger partial charge in [-0.25, -0.2) is 4.79 Å². The van der Waals surface area contributed by atoms with Crippen LogP contribution in [-0.4, -0.2) is 28.1 Å². The Morgan fingerprint density at radius 3 is 2.67 bits per heavy atom. The van der Waals surface area contributed by atoms with Crippen LogP contribution in [-0.2, 0) is 6.54 Å². The van der Waals surface area contributed by atoms with Crippen molar-refractivity contribution >= 4 is 6.03 Å². The summed E-state index contributed by atoms with van der Waals surface area (Å²) in [5.74, 6) is 0.414. The van der Waals surface area contributed by atoms with E-state index in [9.17, 15) is 4.79 Å². The fourth-order valence-electron chi connectivity index (χ4n) is 2.67. The highest BCUT2D eigenvalue weighted by Crippen LogP contribution is 2.32. The van der Waals surface area contributed by atoms with E-state index in [4.69, 9.17) is 0 Å². The zero-order valence-electron chi connectivity index (χ0n) is 11.7. The number of amides is 2. The number of aromatic nitrogens is 1. The Labute approximate surface area is 109 Å². The molecule has 1 N–H and O–H groups in total. The lowest BCUT2D eigenvalue weighted by atomic mass is 9.97. The lowest BCUT2D eigenvalue weighted by Gasteiger charge is -2.39. The maximum atomic E-state index is 12.3. The van der Waals surface area contributed by atoms with Crippen LogP contribution in [0.15, 0.2) is 18.3 Å². The van der Waals surface area contributed by atoms with Crippen LogP contribution < -0.4 is 5.32 Å². The minimum Gasteiger partial charge on any atom is -0.348 e. The van der Waals surface area contributed by atoms with E-state index in [1.54, 1.807) is 0 Å². The number of nitrogens with zero attached hydrogens (tertiary/aromatic N) is 2. The summed E-state index contributed by atoms with van der Waals surface area (Å²) in [6, 6.07) is 4.59. The molecule has 0 radical (unpaired) electrons. The van der Waals surface area contributed by atoms with Crippen molar-refractivity contribution < 1.29 is 4.79 Å². The highest BCUT2D eigenvalue weighted by Gasteiger charge is 2.32. The third-order valence-electron chi connectivity index (χ3n) is 3.39. The van der Waals surface area contributed by atoms with Crippen molar-refractivity contribution in [3.63, 3.8) is 0 Å². The average Bonchev–Trinajstić information content (AvgIpc) is 2.73. The maximum absolute atomic E-state index is 12.3. The fraction of sp³-hybridized carbons (Fsp3) is 0.643. The molecule has 0 bridgehead atoms. The molecule has 1 aromatic heterocycles. The first-order chi connectivity index (χ1) is 8.50. The lowest BCUT2D eigenvalue weighted by molar-refractivity contribution is 0.131. The number of carbonyl (C=O) groups excluding carboxylic acids is 1. The van der Waals surface area contributed by atoms with Gasteiger partial charge >= 0.3 is 6.03 Å². The van der Waals surface area contributed by atoms with Crippen LogP contribution in [0.5, 0.6) is 0 Å². The molecule has 4 heteroatoms. The first-order valence-corrected chi connectivity index (χ1v) is 6.73. The van der Waals surface area contributed by atoms with Gasteiger partial charge in [-0.1, -0.05) is 13.8 Å². The number of nitrogens with one attached hydrogen (secondary N) is 1.